The molecule has 0 spiro atoms. The average molecular weight is 295 g/mol. The number of nitrogens with one attached hydrogen (secondary N) is 1. The summed E-state index contributed by atoms with van der Waals surface area (Å²) in [5.41, 5.74) is 0.598. The number of hydrogen-bond acceptors (Lipinski definition) is 4. The molecule has 20 heavy (non-hydrogen) atoms. The van der Waals surface area contributed by atoms with Gasteiger partial charge >= 0.3 is 0 Å². The minimum atomic E-state index is -0.628. The number of aryl methyl sites for hydroxylation is 1. The molecule has 0 saturated heterocycles. The molecule has 0 aliphatic carbocycles. The third kappa shape index (κ3) is 2.94. The maximum absolute atomic E-state index is 12.0. The van der Waals surface area contributed by atoms with E-state index in [-0.39, 0.29) is 16.4 Å². The molecule has 1 N–H and O–H groups in total. The van der Waals surface area contributed by atoms with Gasteiger partial charge in [0, 0.05) is 25.0 Å². The lowest BCUT2D eigenvalue weighted by atomic mass is 10.2. The summed E-state index contributed by atoms with van der Waals surface area (Å²) in [6.45, 7) is 0.293. The van der Waals surface area contributed by atoms with Gasteiger partial charge in [-0.15, -0.1) is 0 Å². The molecule has 1 amide bonds. The van der Waals surface area contributed by atoms with Crippen LogP contribution in [0.1, 0.15) is 16.1 Å². The lowest BCUT2D eigenvalue weighted by Crippen LogP contribution is -2.24. The molecule has 2 aromatic heterocycles. The maximum atomic E-state index is 12.0. The first-order valence-electron chi connectivity index (χ1n) is 5.67. The molecule has 0 atom stereocenters. The van der Waals surface area contributed by atoms with Crippen molar-refractivity contribution < 1.29 is 9.72 Å². The Bertz CT molecular complexity index is 668. The van der Waals surface area contributed by atoms with Gasteiger partial charge in [0.05, 0.1) is 17.0 Å². The Morgan fingerprint density at radius 3 is 2.95 bits per heavy atom. The van der Waals surface area contributed by atoms with Crippen LogP contribution in [0.2, 0.25) is 5.15 Å². The molecule has 0 bridgehead atoms. The van der Waals surface area contributed by atoms with Crippen LogP contribution in [0.4, 0.5) is 5.69 Å². The summed E-state index contributed by atoms with van der Waals surface area (Å²) in [5, 5.41) is 13.2. The van der Waals surface area contributed by atoms with E-state index < -0.39 is 10.8 Å². The minimum Gasteiger partial charge on any atom is -0.353 e. The molecule has 0 radical (unpaired) electrons. The maximum Gasteiger partial charge on any atom is 0.288 e. The fourth-order valence-corrected chi connectivity index (χ4v) is 1.83. The van der Waals surface area contributed by atoms with Crippen LogP contribution >= 0.6 is 11.6 Å². The Labute approximate surface area is 119 Å². The van der Waals surface area contributed by atoms with Gasteiger partial charge in [0.25, 0.3) is 11.6 Å². The second-order valence-corrected chi connectivity index (χ2v) is 4.44. The third-order valence-corrected chi connectivity index (χ3v) is 3.06. The molecule has 2 aromatic rings. The van der Waals surface area contributed by atoms with Crippen molar-refractivity contribution in [2.75, 3.05) is 0 Å². The van der Waals surface area contributed by atoms with E-state index in [0.717, 1.165) is 18.0 Å². The molecule has 0 aliphatic rings. The highest BCUT2D eigenvalue weighted by Gasteiger charge is 2.17. The van der Waals surface area contributed by atoms with Crippen molar-refractivity contribution in [3.8, 4) is 0 Å². The molecule has 104 valence electrons. The molecular formula is C12H11ClN4O3. The Balaban J connectivity index is 2.15. The second kappa shape index (κ2) is 5.70. The van der Waals surface area contributed by atoms with Crippen LogP contribution in [-0.4, -0.2) is 20.4 Å². The van der Waals surface area contributed by atoms with Crippen molar-refractivity contribution in [1.82, 2.24) is 14.9 Å². The van der Waals surface area contributed by atoms with Crippen molar-refractivity contribution in [2.24, 2.45) is 7.05 Å². The SMILES string of the molecule is Cn1cccc1CNC(=O)c1cc([N+](=O)[O-])cnc1Cl. The number of rotatable bonds is 4. The number of nitro groups is 1. The van der Waals surface area contributed by atoms with Gasteiger partial charge in [-0.2, -0.15) is 0 Å². The van der Waals surface area contributed by atoms with Gasteiger partial charge in [-0.25, -0.2) is 4.98 Å². The predicted molar refractivity (Wildman–Crippen MR) is 72.5 cm³/mol. The Morgan fingerprint density at radius 2 is 2.35 bits per heavy atom. The van der Waals surface area contributed by atoms with Crippen LogP contribution in [-0.2, 0) is 13.6 Å². The monoisotopic (exact) mass is 294 g/mol. The zero-order valence-corrected chi connectivity index (χ0v) is 11.3. The first kappa shape index (κ1) is 14.0. The first-order chi connectivity index (χ1) is 9.49. The number of hydrogen-bond donors (Lipinski definition) is 1. The number of pyridine rings is 1. The Kier molecular flexibility index (Phi) is 3.99. The van der Waals surface area contributed by atoms with Gasteiger partial charge < -0.3 is 9.88 Å². The molecule has 2 heterocycles. The van der Waals surface area contributed by atoms with Crippen LogP contribution in [0.3, 0.4) is 0 Å². The van der Waals surface area contributed by atoms with Crippen molar-refractivity contribution in [1.29, 1.82) is 0 Å². The highest BCUT2D eigenvalue weighted by Crippen LogP contribution is 2.19. The molecule has 2 rings (SSSR count). The molecular weight excluding hydrogens is 284 g/mol. The fourth-order valence-electron chi connectivity index (χ4n) is 1.64. The Hall–Kier alpha value is -2.41. The minimum absolute atomic E-state index is 0.0184. The Morgan fingerprint density at radius 1 is 1.60 bits per heavy atom. The molecule has 0 saturated carbocycles. The van der Waals surface area contributed by atoms with Crippen molar-refractivity contribution in [3.63, 3.8) is 0 Å². The zero-order chi connectivity index (χ0) is 14.7. The van der Waals surface area contributed by atoms with Crippen molar-refractivity contribution in [2.45, 2.75) is 6.54 Å². The lowest BCUT2D eigenvalue weighted by molar-refractivity contribution is -0.385. The van der Waals surface area contributed by atoms with Crippen LogP contribution in [0.15, 0.2) is 30.6 Å². The average Bonchev–Trinajstić information content (AvgIpc) is 2.81. The zero-order valence-electron chi connectivity index (χ0n) is 10.5. The topological polar surface area (TPSA) is 90.1 Å². The number of aromatic nitrogens is 2. The van der Waals surface area contributed by atoms with E-state index in [9.17, 15) is 14.9 Å². The van der Waals surface area contributed by atoms with E-state index in [0.29, 0.717) is 6.54 Å². The number of carbonyl (C=O) groups excluding carboxylic acids is 1. The quantitative estimate of drug-likeness (QED) is 0.530. The van der Waals surface area contributed by atoms with Gasteiger partial charge in [-0.05, 0) is 12.1 Å². The second-order valence-electron chi connectivity index (χ2n) is 4.08. The van der Waals surface area contributed by atoms with E-state index >= 15 is 0 Å². The van der Waals surface area contributed by atoms with E-state index in [1.165, 1.54) is 0 Å². The molecule has 0 fully saturated rings. The largest absolute Gasteiger partial charge is 0.353 e. The van der Waals surface area contributed by atoms with Crippen LogP contribution in [0.5, 0.6) is 0 Å². The third-order valence-electron chi connectivity index (χ3n) is 2.76. The highest BCUT2D eigenvalue weighted by molar-refractivity contribution is 6.32. The summed E-state index contributed by atoms with van der Waals surface area (Å²) in [4.78, 5) is 25.7. The van der Waals surface area contributed by atoms with Crippen LogP contribution in [0, 0.1) is 10.1 Å². The number of carbonyl (C=O) groups is 1. The normalized spacial score (nSPS) is 10.3. The molecule has 8 heteroatoms. The molecule has 0 aromatic carbocycles. The predicted octanol–water partition coefficient (Wildman–Crippen LogP) is 1.91. The highest BCUT2D eigenvalue weighted by atomic mass is 35.5. The molecule has 0 unspecified atom stereocenters. The molecule has 7 nitrogen and oxygen atoms in total. The van der Waals surface area contributed by atoms with Gasteiger partial charge in [-0.3, -0.25) is 14.9 Å². The summed E-state index contributed by atoms with van der Waals surface area (Å²) in [6.07, 6.45) is 2.86. The van der Waals surface area contributed by atoms with Gasteiger partial charge in [0.15, 0.2) is 0 Å². The van der Waals surface area contributed by atoms with Crippen LogP contribution < -0.4 is 5.32 Å². The van der Waals surface area contributed by atoms with Crippen molar-refractivity contribution >= 4 is 23.2 Å². The van der Waals surface area contributed by atoms with E-state index in [2.05, 4.69) is 10.3 Å². The van der Waals surface area contributed by atoms with Crippen LogP contribution in [0.25, 0.3) is 0 Å². The number of amides is 1. The van der Waals surface area contributed by atoms with Gasteiger partial charge in [0.1, 0.15) is 11.3 Å². The summed E-state index contributed by atoms with van der Waals surface area (Å²) >= 11 is 5.79. The number of halogens is 1. The lowest BCUT2D eigenvalue weighted by Gasteiger charge is -2.07. The van der Waals surface area contributed by atoms with Crippen molar-refractivity contribution in [3.05, 3.63) is 57.1 Å². The number of nitrogens with zero attached hydrogens (tertiary/aromatic N) is 3. The van der Waals surface area contributed by atoms with E-state index in [1.807, 2.05) is 29.9 Å². The standard InChI is InChI=1S/C12H11ClN4O3/c1-16-4-2-3-8(16)6-15-12(18)10-5-9(17(19)20)7-14-11(10)13/h2-5,7H,6H2,1H3,(H,15,18). The van der Waals surface area contributed by atoms with Gasteiger partial charge in [-0.1, -0.05) is 11.6 Å². The van der Waals surface area contributed by atoms with Gasteiger partial charge in [0.2, 0.25) is 0 Å². The van der Waals surface area contributed by atoms with E-state index in [4.69, 9.17) is 11.6 Å². The van der Waals surface area contributed by atoms with E-state index in [1.54, 1.807) is 0 Å². The summed E-state index contributed by atoms with van der Waals surface area (Å²) in [7, 11) is 1.85. The summed E-state index contributed by atoms with van der Waals surface area (Å²) < 4.78 is 1.85. The summed E-state index contributed by atoms with van der Waals surface area (Å²) in [5.74, 6) is -0.507. The summed E-state index contributed by atoms with van der Waals surface area (Å²) in [6, 6.07) is 4.81. The molecule has 0 aliphatic heterocycles. The smallest absolute Gasteiger partial charge is 0.288 e. The fraction of sp³-hybridized carbons (Fsp3) is 0.167. The first-order valence-corrected chi connectivity index (χ1v) is 6.05.